The fourth-order valence-electron chi connectivity index (χ4n) is 2.69. The lowest BCUT2D eigenvalue weighted by molar-refractivity contribution is 0.282. The van der Waals surface area contributed by atoms with Crippen molar-refractivity contribution < 1.29 is 0 Å². The van der Waals surface area contributed by atoms with Crippen LogP contribution in [0.4, 0.5) is 0 Å². The Morgan fingerprint density at radius 3 is 2.58 bits per heavy atom. The highest BCUT2D eigenvalue weighted by molar-refractivity contribution is 4.91. The highest BCUT2D eigenvalue weighted by Gasteiger charge is 2.16. The van der Waals surface area contributed by atoms with Crippen LogP contribution in [0.2, 0.25) is 0 Å². The molecule has 110 valence electrons. The highest BCUT2D eigenvalue weighted by atomic mass is 15.1. The average molecular weight is 265 g/mol. The summed E-state index contributed by atoms with van der Waals surface area (Å²) in [6, 6.07) is 2.36. The standard InChI is InChI=1S/C16H31N3/c1-15(13-19-10-6-7-11-19)12-18-9-5-4-8-16(2,3)14-17/h15,18H,4-13H2,1-3H3. The van der Waals surface area contributed by atoms with E-state index in [-0.39, 0.29) is 5.41 Å². The third kappa shape index (κ3) is 7.54. The van der Waals surface area contributed by atoms with Crippen molar-refractivity contribution in [2.75, 3.05) is 32.7 Å². The van der Waals surface area contributed by atoms with E-state index in [9.17, 15) is 0 Å². The molecule has 1 rings (SSSR count). The summed E-state index contributed by atoms with van der Waals surface area (Å²) in [6.45, 7) is 12.4. The molecule has 3 nitrogen and oxygen atoms in total. The Bertz CT molecular complexity index is 274. The van der Waals surface area contributed by atoms with Gasteiger partial charge < -0.3 is 10.2 Å². The van der Waals surface area contributed by atoms with E-state index in [0.29, 0.717) is 0 Å². The summed E-state index contributed by atoms with van der Waals surface area (Å²) in [6.07, 6.45) is 6.10. The number of nitriles is 1. The molecular weight excluding hydrogens is 234 g/mol. The number of unbranched alkanes of at least 4 members (excludes halogenated alkanes) is 1. The average Bonchev–Trinajstić information content (AvgIpc) is 2.86. The summed E-state index contributed by atoms with van der Waals surface area (Å²) in [5, 5.41) is 12.5. The summed E-state index contributed by atoms with van der Waals surface area (Å²) in [4.78, 5) is 2.59. The maximum absolute atomic E-state index is 8.93. The van der Waals surface area contributed by atoms with E-state index in [1.165, 1.54) is 38.9 Å². The van der Waals surface area contributed by atoms with Gasteiger partial charge in [-0.05, 0) is 71.6 Å². The van der Waals surface area contributed by atoms with Crippen molar-refractivity contribution in [3.05, 3.63) is 0 Å². The summed E-state index contributed by atoms with van der Waals surface area (Å²) in [5.41, 5.74) is -0.150. The van der Waals surface area contributed by atoms with E-state index in [0.717, 1.165) is 31.8 Å². The van der Waals surface area contributed by atoms with Gasteiger partial charge in [0.1, 0.15) is 0 Å². The van der Waals surface area contributed by atoms with E-state index < -0.39 is 0 Å². The number of rotatable bonds is 9. The third-order valence-electron chi connectivity index (χ3n) is 3.97. The molecule has 1 heterocycles. The van der Waals surface area contributed by atoms with Crippen LogP contribution in [0.3, 0.4) is 0 Å². The van der Waals surface area contributed by atoms with Crippen LogP contribution in [0.15, 0.2) is 0 Å². The number of hydrogen-bond donors (Lipinski definition) is 1. The Morgan fingerprint density at radius 2 is 1.95 bits per heavy atom. The first-order valence-electron chi connectivity index (χ1n) is 7.88. The molecule has 1 unspecified atom stereocenters. The molecule has 0 aromatic rings. The van der Waals surface area contributed by atoms with Crippen LogP contribution in [0.1, 0.15) is 52.9 Å². The predicted molar refractivity (Wildman–Crippen MR) is 81.0 cm³/mol. The van der Waals surface area contributed by atoms with E-state index in [2.05, 4.69) is 23.2 Å². The molecule has 0 radical (unpaired) electrons. The smallest absolute Gasteiger partial charge is 0.0683 e. The molecule has 1 aliphatic rings. The normalized spacial score (nSPS) is 18.4. The van der Waals surface area contributed by atoms with Crippen molar-refractivity contribution in [1.29, 1.82) is 5.26 Å². The highest BCUT2D eigenvalue weighted by Crippen LogP contribution is 2.21. The van der Waals surface area contributed by atoms with Crippen LogP contribution in [-0.4, -0.2) is 37.6 Å². The van der Waals surface area contributed by atoms with Gasteiger partial charge in [0.25, 0.3) is 0 Å². The van der Waals surface area contributed by atoms with Crippen LogP contribution in [0.5, 0.6) is 0 Å². The van der Waals surface area contributed by atoms with Gasteiger partial charge in [-0.15, -0.1) is 0 Å². The van der Waals surface area contributed by atoms with Crippen LogP contribution in [-0.2, 0) is 0 Å². The van der Waals surface area contributed by atoms with E-state index in [1.54, 1.807) is 0 Å². The van der Waals surface area contributed by atoms with Crippen molar-refractivity contribution in [2.24, 2.45) is 11.3 Å². The quantitative estimate of drug-likeness (QED) is 0.651. The molecule has 0 saturated carbocycles. The summed E-state index contributed by atoms with van der Waals surface area (Å²) in [5.74, 6) is 0.744. The van der Waals surface area contributed by atoms with Gasteiger partial charge in [0.05, 0.1) is 11.5 Å². The zero-order valence-electron chi connectivity index (χ0n) is 13.0. The maximum Gasteiger partial charge on any atom is 0.0683 e. The maximum atomic E-state index is 8.93. The first-order chi connectivity index (χ1) is 9.03. The van der Waals surface area contributed by atoms with E-state index >= 15 is 0 Å². The minimum absolute atomic E-state index is 0.150. The molecule has 1 fully saturated rings. The van der Waals surface area contributed by atoms with Gasteiger partial charge in [0, 0.05) is 6.54 Å². The van der Waals surface area contributed by atoms with Crippen molar-refractivity contribution >= 4 is 0 Å². The number of nitrogens with zero attached hydrogens (tertiary/aromatic N) is 2. The second-order valence-electron chi connectivity index (χ2n) is 6.77. The van der Waals surface area contributed by atoms with Crippen LogP contribution in [0.25, 0.3) is 0 Å². The third-order valence-corrected chi connectivity index (χ3v) is 3.97. The molecule has 0 aromatic heterocycles. The Labute approximate surface area is 119 Å². The van der Waals surface area contributed by atoms with Crippen molar-refractivity contribution in [3.8, 4) is 6.07 Å². The van der Waals surface area contributed by atoms with Gasteiger partial charge in [-0.25, -0.2) is 0 Å². The zero-order chi connectivity index (χ0) is 14.1. The molecule has 1 N–H and O–H groups in total. The number of nitrogens with one attached hydrogen (secondary N) is 1. The first kappa shape index (κ1) is 16.5. The topological polar surface area (TPSA) is 39.1 Å². The molecule has 0 amide bonds. The van der Waals surface area contributed by atoms with Gasteiger partial charge in [-0.2, -0.15) is 5.26 Å². The van der Waals surface area contributed by atoms with E-state index in [4.69, 9.17) is 5.26 Å². The van der Waals surface area contributed by atoms with Crippen molar-refractivity contribution in [1.82, 2.24) is 10.2 Å². The Balaban J connectivity index is 1.94. The lowest BCUT2D eigenvalue weighted by Gasteiger charge is -2.20. The molecule has 0 bridgehead atoms. The lowest BCUT2D eigenvalue weighted by atomic mass is 9.89. The largest absolute Gasteiger partial charge is 0.316 e. The van der Waals surface area contributed by atoms with Crippen molar-refractivity contribution in [3.63, 3.8) is 0 Å². The fraction of sp³-hybridized carbons (Fsp3) is 0.938. The van der Waals surface area contributed by atoms with Gasteiger partial charge in [-0.3, -0.25) is 0 Å². The van der Waals surface area contributed by atoms with Crippen LogP contribution >= 0.6 is 0 Å². The molecule has 1 atom stereocenters. The Morgan fingerprint density at radius 1 is 1.26 bits per heavy atom. The molecule has 1 saturated heterocycles. The van der Waals surface area contributed by atoms with Gasteiger partial charge in [0.2, 0.25) is 0 Å². The molecule has 0 aliphatic carbocycles. The van der Waals surface area contributed by atoms with E-state index in [1.807, 2.05) is 13.8 Å². The van der Waals surface area contributed by atoms with Gasteiger partial charge in [-0.1, -0.05) is 13.3 Å². The first-order valence-corrected chi connectivity index (χ1v) is 7.88. The SMILES string of the molecule is CC(CNCCCCC(C)(C)C#N)CN1CCCC1. The monoisotopic (exact) mass is 265 g/mol. The predicted octanol–water partition coefficient (Wildman–Crippen LogP) is 3.03. The molecular formula is C16H31N3. The van der Waals surface area contributed by atoms with Gasteiger partial charge in [0.15, 0.2) is 0 Å². The Hall–Kier alpha value is -0.590. The summed E-state index contributed by atoms with van der Waals surface area (Å²) in [7, 11) is 0. The molecule has 0 aromatic carbocycles. The Kier molecular flexibility index (Phi) is 7.41. The second kappa shape index (κ2) is 8.55. The summed E-state index contributed by atoms with van der Waals surface area (Å²) < 4.78 is 0. The summed E-state index contributed by atoms with van der Waals surface area (Å²) >= 11 is 0. The lowest BCUT2D eigenvalue weighted by Crippen LogP contribution is -2.32. The second-order valence-corrected chi connectivity index (χ2v) is 6.77. The zero-order valence-corrected chi connectivity index (χ0v) is 13.0. The van der Waals surface area contributed by atoms with Gasteiger partial charge >= 0.3 is 0 Å². The molecule has 0 spiro atoms. The van der Waals surface area contributed by atoms with Crippen LogP contribution in [0, 0.1) is 22.7 Å². The fourth-order valence-corrected chi connectivity index (χ4v) is 2.69. The minimum atomic E-state index is -0.150. The van der Waals surface area contributed by atoms with Crippen molar-refractivity contribution in [2.45, 2.75) is 52.9 Å². The molecule has 3 heteroatoms. The number of hydrogen-bond acceptors (Lipinski definition) is 3. The van der Waals surface area contributed by atoms with Crippen LogP contribution < -0.4 is 5.32 Å². The number of likely N-dealkylation sites (tertiary alicyclic amines) is 1. The molecule has 1 aliphatic heterocycles. The molecule has 19 heavy (non-hydrogen) atoms. The minimum Gasteiger partial charge on any atom is -0.316 e.